The molecule has 1 atom stereocenters. The summed E-state index contributed by atoms with van der Waals surface area (Å²) in [7, 11) is 1.59. The molecule has 1 amide bonds. The molecule has 0 aromatic heterocycles. The SMILES string of the molecule is CCOc1ccc(N2C(=O)C(=O)/C(=C(\O)c3ccc(OC)c(C(C)C)c3)C2c2cccc(C)c2)cc1OCC. The van der Waals surface area contributed by atoms with Crippen LogP contribution in [0.5, 0.6) is 17.2 Å². The molecule has 1 saturated heterocycles. The summed E-state index contributed by atoms with van der Waals surface area (Å²) in [6.07, 6.45) is 0. The van der Waals surface area contributed by atoms with Crippen LogP contribution in [0.2, 0.25) is 0 Å². The lowest BCUT2D eigenvalue weighted by molar-refractivity contribution is -0.132. The summed E-state index contributed by atoms with van der Waals surface area (Å²) in [6, 6.07) is 17.2. The number of ketones is 1. The largest absolute Gasteiger partial charge is 0.507 e. The summed E-state index contributed by atoms with van der Waals surface area (Å²) in [4.78, 5) is 28.6. The van der Waals surface area contributed by atoms with Crippen molar-refractivity contribution in [1.29, 1.82) is 0 Å². The highest BCUT2D eigenvalue weighted by Crippen LogP contribution is 2.44. The van der Waals surface area contributed by atoms with Crippen molar-refractivity contribution in [3.63, 3.8) is 0 Å². The van der Waals surface area contributed by atoms with E-state index in [0.29, 0.717) is 47.3 Å². The molecule has 1 heterocycles. The Morgan fingerprint density at radius 2 is 1.62 bits per heavy atom. The smallest absolute Gasteiger partial charge is 0.300 e. The Morgan fingerprint density at radius 1 is 0.923 bits per heavy atom. The monoisotopic (exact) mass is 529 g/mol. The van der Waals surface area contributed by atoms with Gasteiger partial charge in [0.2, 0.25) is 0 Å². The van der Waals surface area contributed by atoms with Gasteiger partial charge in [0.05, 0.1) is 31.9 Å². The number of aliphatic hydroxyl groups excluding tert-OH is 1. The summed E-state index contributed by atoms with van der Waals surface area (Å²) in [5, 5.41) is 11.6. The second-order valence-electron chi connectivity index (χ2n) is 9.69. The fourth-order valence-electron chi connectivity index (χ4n) is 4.93. The number of aliphatic hydroxyl groups is 1. The molecule has 7 heteroatoms. The molecule has 0 aliphatic carbocycles. The van der Waals surface area contributed by atoms with E-state index in [1.54, 1.807) is 37.4 Å². The Labute approximate surface area is 229 Å². The van der Waals surface area contributed by atoms with Crippen LogP contribution in [0.15, 0.2) is 66.2 Å². The van der Waals surface area contributed by atoms with Crippen molar-refractivity contribution >= 4 is 23.1 Å². The summed E-state index contributed by atoms with van der Waals surface area (Å²) in [5.74, 6) is 0.103. The normalized spacial score (nSPS) is 16.6. The van der Waals surface area contributed by atoms with E-state index in [1.807, 2.05) is 65.0 Å². The number of aryl methyl sites for hydroxylation is 1. The minimum absolute atomic E-state index is 0.0253. The number of amides is 1. The summed E-state index contributed by atoms with van der Waals surface area (Å²) < 4.78 is 17.0. The number of Topliss-reactive ketones (excluding diaryl/α,β-unsaturated/α-hetero) is 1. The van der Waals surface area contributed by atoms with Crippen molar-refractivity contribution < 1.29 is 28.9 Å². The molecule has 0 saturated carbocycles. The Balaban J connectivity index is 1.94. The number of anilines is 1. The molecule has 3 aromatic carbocycles. The molecule has 4 rings (SSSR count). The van der Waals surface area contributed by atoms with Crippen LogP contribution in [0.4, 0.5) is 5.69 Å². The first-order valence-corrected chi connectivity index (χ1v) is 13.2. The molecule has 204 valence electrons. The van der Waals surface area contributed by atoms with Gasteiger partial charge in [-0.2, -0.15) is 0 Å². The van der Waals surface area contributed by atoms with E-state index >= 15 is 0 Å². The zero-order valence-corrected chi connectivity index (χ0v) is 23.3. The molecule has 1 N–H and O–H groups in total. The molecule has 7 nitrogen and oxygen atoms in total. The molecular weight excluding hydrogens is 494 g/mol. The van der Waals surface area contributed by atoms with Gasteiger partial charge in [0.15, 0.2) is 11.5 Å². The van der Waals surface area contributed by atoms with E-state index in [9.17, 15) is 14.7 Å². The second kappa shape index (κ2) is 11.6. The van der Waals surface area contributed by atoms with E-state index in [4.69, 9.17) is 14.2 Å². The van der Waals surface area contributed by atoms with Gasteiger partial charge in [0, 0.05) is 17.3 Å². The van der Waals surface area contributed by atoms with Crippen LogP contribution in [0, 0.1) is 6.92 Å². The molecule has 0 radical (unpaired) electrons. The minimum Gasteiger partial charge on any atom is -0.507 e. The predicted octanol–water partition coefficient (Wildman–Crippen LogP) is 6.55. The first-order valence-electron chi connectivity index (χ1n) is 13.2. The molecule has 1 aliphatic rings. The van der Waals surface area contributed by atoms with Crippen LogP contribution in [-0.2, 0) is 9.59 Å². The first kappa shape index (κ1) is 27.8. The standard InChI is InChI=1S/C32H35NO6/c1-7-38-26-15-13-23(18-27(26)39-8-2)33-29(21-11-9-10-20(5)16-21)28(31(35)32(33)36)30(34)22-12-14-25(37-6)24(17-22)19(3)4/h9-19,29,34H,7-8H2,1-6H3/b30-28-. The maximum absolute atomic E-state index is 13.6. The highest BCUT2D eigenvalue weighted by molar-refractivity contribution is 6.51. The van der Waals surface area contributed by atoms with E-state index < -0.39 is 17.7 Å². The molecule has 39 heavy (non-hydrogen) atoms. The number of hydrogen-bond donors (Lipinski definition) is 1. The molecule has 1 unspecified atom stereocenters. The molecule has 3 aromatic rings. The Morgan fingerprint density at radius 3 is 2.26 bits per heavy atom. The number of rotatable bonds is 9. The van der Waals surface area contributed by atoms with Gasteiger partial charge in [-0.25, -0.2) is 0 Å². The Kier molecular flexibility index (Phi) is 8.29. The lowest BCUT2D eigenvalue weighted by Crippen LogP contribution is -2.29. The summed E-state index contributed by atoms with van der Waals surface area (Å²) in [6.45, 7) is 10.6. The van der Waals surface area contributed by atoms with Gasteiger partial charge >= 0.3 is 0 Å². The van der Waals surface area contributed by atoms with Crippen molar-refractivity contribution in [2.75, 3.05) is 25.2 Å². The second-order valence-corrected chi connectivity index (χ2v) is 9.69. The average Bonchev–Trinajstić information content (AvgIpc) is 3.19. The fourth-order valence-corrected chi connectivity index (χ4v) is 4.93. The minimum atomic E-state index is -0.845. The van der Waals surface area contributed by atoms with Crippen molar-refractivity contribution in [1.82, 2.24) is 0 Å². The molecule has 1 fully saturated rings. The van der Waals surface area contributed by atoms with Crippen LogP contribution in [0.1, 0.15) is 61.9 Å². The first-order chi connectivity index (χ1) is 18.7. The quantitative estimate of drug-likeness (QED) is 0.192. The average molecular weight is 530 g/mol. The lowest BCUT2D eigenvalue weighted by Gasteiger charge is -2.26. The van der Waals surface area contributed by atoms with Crippen molar-refractivity contribution in [3.8, 4) is 17.2 Å². The predicted molar refractivity (Wildman–Crippen MR) is 152 cm³/mol. The van der Waals surface area contributed by atoms with Gasteiger partial charge in [-0.1, -0.05) is 43.7 Å². The van der Waals surface area contributed by atoms with Gasteiger partial charge in [0.1, 0.15) is 11.5 Å². The zero-order valence-electron chi connectivity index (χ0n) is 23.3. The van der Waals surface area contributed by atoms with Crippen molar-refractivity contribution in [3.05, 3.63) is 88.5 Å². The van der Waals surface area contributed by atoms with Gasteiger partial charge < -0.3 is 19.3 Å². The van der Waals surface area contributed by atoms with E-state index in [0.717, 1.165) is 11.1 Å². The van der Waals surface area contributed by atoms with Crippen LogP contribution in [-0.4, -0.2) is 37.1 Å². The molecule has 0 spiro atoms. The lowest BCUT2D eigenvalue weighted by atomic mass is 9.92. The molecule has 1 aliphatic heterocycles. The third-order valence-electron chi connectivity index (χ3n) is 6.73. The number of nitrogens with zero attached hydrogens (tertiary/aromatic N) is 1. The Hall–Kier alpha value is -4.26. The maximum Gasteiger partial charge on any atom is 0.300 e. The fraction of sp³-hybridized carbons (Fsp3) is 0.312. The number of carbonyl (C=O) groups is 2. The number of benzene rings is 3. The van der Waals surface area contributed by atoms with E-state index in [2.05, 4.69) is 0 Å². The van der Waals surface area contributed by atoms with Gasteiger partial charge in [-0.05, 0) is 68.1 Å². The van der Waals surface area contributed by atoms with E-state index in [-0.39, 0.29) is 17.3 Å². The maximum atomic E-state index is 13.6. The van der Waals surface area contributed by atoms with E-state index in [1.165, 1.54) is 4.90 Å². The number of methoxy groups -OCH3 is 1. The highest BCUT2D eigenvalue weighted by atomic mass is 16.5. The number of hydrogen-bond acceptors (Lipinski definition) is 6. The topological polar surface area (TPSA) is 85.3 Å². The Bertz CT molecular complexity index is 1420. The van der Waals surface area contributed by atoms with Crippen molar-refractivity contribution in [2.45, 2.75) is 46.6 Å². The summed E-state index contributed by atoms with van der Waals surface area (Å²) in [5.41, 5.74) is 3.49. The van der Waals surface area contributed by atoms with Crippen LogP contribution in [0.25, 0.3) is 5.76 Å². The molecule has 0 bridgehead atoms. The van der Waals surface area contributed by atoms with Gasteiger partial charge in [0.25, 0.3) is 11.7 Å². The third-order valence-corrected chi connectivity index (χ3v) is 6.73. The molecular formula is C32H35NO6. The summed E-state index contributed by atoms with van der Waals surface area (Å²) >= 11 is 0. The highest BCUT2D eigenvalue weighted by Gasteiger charge is 2.47. The third kappa shape index (κ3) is 5.35. The van der Waals surface area contributed by atoms with Crippen LogP contribution in [0.3, 0.4) is 0 Å². The van der Waals surface area contributed by atoms with Crippen LogP contribution < -0.4 is 19.1 Å². The van der Waals surface area contributed by atoms with Gasteiger partial charge in [-0.3, -0.25) is 14.5 Å². The van der Waals surface area contributed by atoms with Gasteiger partial charge in [-0.15, -0.1) is 0 Å². The zero-order chi connectivity index (χ0) is 28.3. The van der Waals surface area contributed by atoms with Crippen molar-refractivity contribution in [2.24, 2.45) is 0 Å². The number of ether oxygens (including phenoxy) is 3. The van der Waals surface area contributed by atoms with Crippen LogP contribution >= 0.6 is 0 Å². The number of carbonyl (C=O) groups excluding carboxylic acids is 2.